The topological polar surface area (TPSA) is 34.2 Å². The van der Waals surface area contributed by atoms with Crippen molar-refractivity contribution in [1.82, 2.24) is 4.98 Å². The first-order valence-electron chi connectivity index (χ1n) is 5.33. The largest absolute Gasteiger partial charge is 0.496 e. The molecule has 5 heteroatoms. The molecule has 0 bridgehead atoms. The van der Waals surface area contributed by atoms with Crippen LogP contribution in [0.2, 0.25) is 5.15 Å². The maximum atomic E-state index is 13.2. The molecule has 3 nitrogen and oxygen atoms in total. The summed E-state index contributed by atoms with van der Waals surface area (Å²) in [6.45, 7) is 0. The lowest BCUT2D eigenvalue weighted by Gasteiger charge is -2.12. The van der Waals surface area contributed by atoms with Crippen LogP contribution in [0.25, 0.3) is 11.1 Å². The summed E-state index contributed by atoms with van der Waals surface area (Å²) in [5.74, 6) is 0.107. The lowest BCUT2D eigenvalue weighted by molar-refractivity contribution is 0.413. The van der Waals surface area contributed by atoms with E-state index in [-0.39, 0.29) is 5.82 Å². The van der Waals surface area contributed by atoms with Crippen LogP contribution in [0.15, 0.2) is 30.5 Å². The van der Waals surface area contributed by atoms with Gasteiger partial charge in [0.2, 0.25) is 0 Å². The number of nitrogens with zero attached hydrogens (tertiary/aromatic N) is 1. The van der Waals surface area contributed by atoms with Gasteiger partial charge in [-0.1, -0.05) is 11.6 Å². The van der Waals surface area contributed by atoms with Crippen LogP contribution in [0, 0.1) is 5.82 Å². The summed E-state index contributed by atoms with van der Waals surface area (Å²) in [5.41, 5.74) is 2.37. The van der Waals surface area contributed by atoms with E-state index < -0.39 is 0 Å². The number of benzene rings is 1. The minimum absolute atomic E-state index is 0.346. The zero-order chi connectivity index (χ0) is 13.1. The first-order chi connectivity index (χ1) is 8.65. The number of halogens is 2. The Kier molecular flexibility index (Phi) is 3.67. The highest BCUT2D eigenvalue weighted by molar-refractivity contribution is 6.29. The van der Waals surface area contributed by atoms with E-state index in [1.807, 2.05) is 0 Å². The van der Waals surface area contributed by atoms with Crippen LogP contribution in [0.4, 0.5) is 10.1 Å². The predicted octanol–water partition coefficient (Wildman–Crippen LogP) is 3.59. The van der Waals surface area contributed by atoms with Gasteiger partial charge in [0.05, 0.1) is 19.0 Å². The Morgan fingerprint density at radius 3 is 2.72 bits per heavy atom. The molecule has 0 radical (unpaired) electrons. The van der Waals surface area contributed by atoms with E-state index in [4.69, 9.17) is 16.3 Å². The summed E-state index contributed by atoms with van der Waals surface area (Å²) in [6.07, 6.45) is 1.63. The highest BCUT2D eigenvalue weighted by Gasteiger charge is 2.12. The van der Waals surface area contributed by atoms with Gasteiger partial charge in [-0.05, 0) is 18.2 Å². The molecule has 1 N–H and O–H groups in total. The van der Waals surface area contributed by atoms with Crippen molar-refractivity contribution in [3.05, 3.63) is 41.4 Å². The van der Waals surface area contributed by atoms with Gasteiger partial charge in [0.15, 0.2) is 0 Å². The fourth-order valence-corrected chi connectivity index (χ4v) is 1.90. The fourth-order valence-electron chi connectivity index (χ4n) is 1.74. The zero-order valence-corrected chi connectivity index (χ0v) is 10.8. The molecule has 2 rings (SSSR count). The third-order valence-electron chi connectivity index (χ3n) is 2.59. The normalized spacial score (nSPS) is 10.2. The molecule has 0 aliphatic rings. The average molecular weight is 267 g/mol. The number of hydrogen-bond donors (Lipinski definition) is 1. The van der Waals surface area contributed by atoms with E-state index >= 15 is 0 Å². The first kappa shape index (κ1) is 12.6. The standard InChI is InChI=1S/C13H12ClFN2O/c1-16-11-7-17-13(14)6-10(11)9-4-3-8(15)5-12(9)18-2/h3-7,16H,1-2H3. The number of ether oxygens (including phenoxy) is 1. The van der Waals surface area contributed by atoms with Gasteiger partial charge in [-0.3, -0.25) is 0 Å². The molecule has 0 saturated heterocycles. The van der Waals surface area contributed by atoms with Gasteiger partial charge in [-0.25, -0.2) is 9.37 Å². The molecule has 94 valence electrons. The summed E-state index contributed by atoms with van der Waals surface area (Å²) >= 11 is 5.90. The summed E-state index contributed by atoms with van der Waals surface area (Å²) in [7, 11) is 3.28. The third kappa shape index (κ3) is 2.38. The van der Waals surface area contributed by atoms with Gasteiger partial charge >= 0.3 is 0 Å². The van der Waals surface area contributed by atoms with Crippen molar-refractivity contribution in [2.24, 2.45) is 0 Å². The van der Waals surface area contributed by atoms with E-state index in [9.17, 15) is 4.39 Å². The van der Waals surface area contributed by atoms with Gasteiger partial charge in [-0.15, -0.1) is 0 Å². The van der Waals surface area contributed by atoms with Crippen molar-refractivity contribution in [2.45, 2.75) is 0 Å². The molecule has 0 saturated carbocycles. The molecule has 0 amide bonds. The Morgan fingerprint density at radius 1 is 1.28 bits per heavy atom. The summed E-state index contributed by atoms with van der Waals surface area (Å²) in [5, 5.41) is 3.39. The first-order valence-corrected chi connectivity index (χ1v) is 5.70. The molecule has 0 unspecified atom stereocenters. The SMILES string of the molecule is CNc1cnc(Cl)cc1-c1ccc(F)cc1OC. The molecule has 0 fully saturated rings. The van der Waals surface area contributed by atoms with E-state index in [1.54, 1.807) is 25.4 Å². The molecule has 0 aliphatic carbocycles. The van der Waals surface area contributed by atoms with Crippen LogP contribution in [-0.4, -0.2) is 19.1 Å². The Bertz CT molecular complexity index is 575. The molecule has 1 aromatic heterocycles. The summed E-state index contributed by atoms with van der Waals surface area (Å²) in [6, 6.07) is 6.08. The van der Waals surface area contributed by atoms with Gasteiger partial charge in [0.1, 0.15) is 16.7 Å². The Hall–Kier alpha value is -1.81. The lowest BCUT2D eigenvalue weighted by Crippen LogP contribution is -1.96. The Labute approximate surface area is 110 Å². The van der Waals surface area contributed by atoms with Crippen LogP contribution < -0.4 is 10.1 Å². The summed E-state index contributed by atoms with van der Waals surface area (Å²) < 4.78 is 18.4. The molecular formula is C13H12ClFN2O. The van der Waals surface area contributed by atoms with Crippen LogP contribution in [-0.2, 0) is 0 Å². The van der Waals surface area contributed by atoms with Gasteiger partial charge in [-0.2, -0.15) is 0 Å². The second-order valence-corrected chi connectivity index (χ2v) is 4.03. The highest BCUT2D eigenvalue weighted by Crippen LogP contribution is 2.36. The second kappa shape index (κ2) is 5.23. The number of aromatic nitrogens is 1. The molecule has 0 aliphatic heterocycles. The van der Waals surface area contributed by atoms with Crippen LogP contribution >= 0.6 is 11.6 Å². The van der Waals surface area contributed by atoms with E-state index in [0.717, 1.165) is 16.8 Å². The van der Waals surface area contributed by atoms with Crippen molar-refractivity contribution < 1.29 is 9.13 Å². The van der Waals surface area contributed by atoms with Crippen molar-refractivity contribution in [2.75, 3.05) is 19.5 Å². The molecule has 2 aromatic rings. The predicted molar refractivity (Wildman–Crippen MR) is 70.7 cm³/mol. The molecule has 18 heavy (non-hydrogen) atoms. The van der Waals surface area contributed by atoms with Crippen LogP contribution in [0.1, 0.15) is 0 Å². The minimum Gasteiger partial charge on any atom is -0.496 e. The molecular weight excluding hydrogens is 255 g/mol. The third-order valence-corrected chi connectivity index (χ3v) is 2.80. The monoisotopic (exact) mass is 266 g/mol. The Morgan fingerprint density at radius 2 is 2.06 bits per heavy atom. The highest BCUT2D eigenvalue weighted by atomic mass is 35.5. The van der Waals surface area contributed by atoms with Crippen LogP contribution in [0.3, 0.4) is 0 Å². The number of anilines is 1. The van der Waals surface area contributed by atoms with Crippen molar-refractivity contribution >= 4 is 17.3 Å². The zero-order valence-electron chi connectivity index (χ0n) is 10.00. The smallest absolute Gasteiger partial charge is 0.129 e. The van der Waals surface area contributed by atoms with E-state index in [0.29, 0.717) is 10.9 Å². The van der Waals surface area contributed by atoms with Gasteiger partial charge in [0, 0.05) is 24.2 Å². The Balaban J connectivity index is 2.64. The summed E-state index contributed by atoms with van der Waals surface area (Å²) in [4.78, 5) is 4.00. The maximum Gasteiger partial charge on any atom is 0.129 e. The van der Waals surface area contributed by atoms with Gasteiger partial charge in [0.25, 0.3) is 0 Å². The van der Waals surface area contributed by atoms with E-state index in [2.05, 4.69) is 10.3 Å². The number of nitrogens with one attached hydrogen (secondary N) is 1. The maximum absolute atomic E-state index is 13.2. The molecule has 1 heterocycles. The van der Waals surface area contributed by atoms with Crippen molar-refractivity contribution in [3.8, 4) is 16.9 Å². The molecule has 1 aromatic carbocycles. The second-order valence-electron chi connectivity index (χ2n) is 3.65. The average Bonchev–Trinajstić information content (AvgIpc) is 2.38. The number of pyridine rings is 1. The lowest BCUT2D eigenvalue weighted by atomic mass is 10.0. The molecule has 0 atom stereocenters. The van der Waals surface area contributed by atoms with E-state index in [1.165, 1.54) is 19.2 Å². The van der Waals surface area contributed by atoms with Crippen molar-refractivity contribution in [1.29, 1.82) is 0 Å². The fraction of sp³-hybridized carbons (Fsp3) is 0.154. The van der Waals surface area contributed by atoms with Crippen LogP contribution in [0.5, 0.6) is 5.75 Å². The minimum atomic E-state index is -0.346. The molecule has 0 spiro atoms. The van der Waals surface area contributed by atoms with Gasteiger partial charge < -0.3 is 10.1 Å². The quantitative estimate of drug-likeness (QED) is 0.862. The van der Waals surface area contributed by atoms with Crippen molar-refractivity contribution in [3.63, 3.8) is 0 Å². The number of rotatable bonds is 3. The number of methoxy groups -OCH3 is 1. The number of hydrogen-bond acceptors (Lipinski definition) is 3.